The van der Waals surface area contributed by atoms with Crippen LogP contribution < -0.4 is 5.32 Å². The van der Waals surface area contributed by atoms with Crippen molar-refractivity contribution in [3.63, 3.8) is 0 Å². The van der Waals surface area contributed by atoms with E-state index in [-0.39, 0.29) is 0 Å². The maximum absolute atomic E-state index is 6.29. The van der Waals surface area contributed by atoms with Crippen molar-refractivity contribution in [3.8, 4) is 0 Å². The molecule has 1 rings (SSSR count). The first-order valence-corrected chi connectivity index (χ1v) is 6.52. The number of halogens is 1. The lowest BCUT2D eigenvalue weighted by Gasteiger charge is -2.27. The molecule has 1 aliphatic carbocycles. The maximum atomic E-state index is 6.29. The SMILES string of the molecule is CCC(C)CNCC1CCCCC1Cl. The van der Waals surface area contributed by atoms with E-state index in [4.69, 9.17) is 11.6 Å². The van der Waals surface area contributed by atoms with Gasteiger partial charge in [-0.05, 0) is 37.8 Å². The lowest BCUT2D eigenvalue weighted by atomic mass is 9.88. The summed E-state index contributed by atoms with van der Waals surface area (Å²) in [5.74, 6) is 1.52. The molecule has 0 radical (unpaired) electrons. The minimum atomic E-state index is 0.424. The average molecular weight is 218 g/mol. The van der Waals surface area contributed by atoms with E-state index in [9.17, 15) is 0 Å². The van der Waals surface area contributed by atoms with E-state index in [2.05, 4.69) is 19.2 Å². The number of hydrogen-bond donors (Lipinski definition) is 1. The monoisotopic (exact) mass is 217 g/mol. The van der Waals surface area contributed by atoms with Crippen LogP contribution in [0.25, 0.3) is 0 Å². The third-order valence-electron chi connectivity index (χ3n) is 3.41. The summed E-state index contributed by atoms with van der Waals surface area (Å²) >= 11 is 6.29. The number of hydrogen-bond acceptors (Lipinski definition) is 1. The summed E-state index contributed by atoms with van der Waals surface area (Å²) in [6.45, 7) is 6.82. The summed E-state index contributed by atoms with van der Waals surface area (Å²) < 4.78 is 0. The fraction of sp³-hybridized carbons (Fsp3) is 1.00. The molecule has 1 nitrogen and oxygen atoms in total. The molecular formula is C12H24ClN. The Morgan fingerprint density at radius 3 is 2.71 bits per heavy atom. The highest BCUT2D eigenvalue weighted by Crippen LogP contribution is 2.27. The fourth-order valence-electron chi connectivity index (χ4n) is 2.05. The molecular weight excluding hydrogens is 194 g/mol. The van der Waals surface area contributed by atoms with Crippen LogP contribution in [0.3, 0.4) is 0 Å². The van der Waals surface area contributed by atoms with Gasteiger partial charge in [-0.15, -0.1) is 11.6 Å². The summed E-state index contributed by atoms with van der Waals surface area (Å²) in [7, 11) is 0. The normalized spacial score (nSPS) is 30.2. The molecule has 0 aromatic carbocycles. The van der Waals surface area contributed by atoms with Crippen LogP contribution in [0.4, 0.5) is 0 Å². The zero-order valence-electron chi connectivity index (χ0n) is 9.56. The molecule has 0 heterocycles. The standard InChI is InChI=1S/C12H24ClN/c1-3-10(2)8-14-9-11-6-4-5-7-12(11)13/h10-12,14H,3-9H2,1-2H3. The van der Waals surface area contributed by atoms with Gasteiger partial charge in [0.2, 0.25) is 0 Å². The van der Waals surface area contributed by atoms with Crippen LogP contribution in [0.5, 0.6) is 0 Å². The molecule has 3 unspecified atom stereocenters. The van der Waals surface area contributed by atoms with Crippen LogP contribution in [-0.2, 0) is 0 Å². The Morgan fingerprint density at radius 2 is 2.07 bits per heavy atom. The lowest BCUT2D eigenvalue weighted by molar-refractivity contribution is 0.339. The predicted octanol–water partition coefficient (Wildman–Crippen LogP) is 3.42. The van der Waals surface area contributed by atoms with Crippen molar-refractivity contribution < 1.29 is 0 Å². The Hall–Kier alpha value is 0.250. The van der Waals surface area contributed by atoms with Gasteiger partial charge in [-0.1, -0.05) is 33.1 Å². The van der Waals surface area contributed by atoms with Gasteiger partial charge in [0.05, 0.1) is 0 Å². The second-order valence-corrected chi connectivity index (χ2v) is 5.29. The topological polar surface area (TPSA) is 12.0 Å². The summed E-state index contributed by atoms with van der Waals surface area (Å²) in [6.07, 6.45) is 6.51. The minimum Gasteiger partial charge on any atom is -0.316 e. The van der Waals surface area contributed by atoms with Gasteiger partial charge in [0.25, 0.3) is 0 Å². The smallest absolute Gasteiger partial charge is 0.0376 e. The van der Waals surface area contributed by atoms with Gasteiger partial charge in [0.1, 0.15) is 0 Å². The third-order valence-corrected chi connectivity index (χ3v) is 3.99. The molecule has 14 heavy (non-hydrogen) atoms. The van der Waals surface area contributed by atoms with Gasteiger partial charge >= 0.3 is 0 Å². The average Bonchev–Trinajstić information content (AvgIpc) is 2.20. The Morgan fingerprint density at radius 1 is 1.36 bits per heavy atom. The Labute approximate surface area is 93.6 Å². The van der Waals surface area contributed by atoms with Crippen molar-refractivity contribution in [1.29, 1.82) is 0 Å². The maximum Gasteiger partial charge on any atom is 0.0376 e. The third kappa shape index (κ3) is 4.18. The molecule has 3 atom stereocenters. The largest absolute Gasteiger partial charge is 0.316 e. The zero-order chi connectivity index (χ0) is 10.4. The molecule has 0 spiro atoms. The number of nitrogens with one attached hydrogen (secondary N) is 1. The number of rotatable bonds is 5. The van der Waals surface area contributed by atoms with E-state index in [0.29, 0.717) is 5.38 Å². The summed E-state index contributed by atoms with van der Waals surface area (Å²) in [5, 5.41) is 3.98. The van der Waals surface area contributed by atoms with E-state index in [0.717, 1.165) is 24.9 Å². The molecule has 1 saturated carbocycles. The molecule has 0 saturated heterocycles. The first kappa shape index (κ1) is 12.3. The lowest BCUT2D eigenvalue weighted by Crippen LogP contribution is -2.33. The minimum absolute atomic E-state index is 0.424. The van der Waals surface area contributed by atoms with Crippen molar-refractivity contribution in [2.75, 3.05) is 13.1 Å². The van der Waals surface area contributed by atoms with Crippen LogP contribution in [0.1, 0.15) is 46.0 Å². The molecule has 0 bridgehead atoms. The van der Waals surface area contributed by atoms with Gasteiger partial charge in [-0.2, -0.15) is 0 Å². The Bertz CT molecular complexity index is 149. The molecule has 1 N–H and O–H groups in total. The van der Waals surface area contributed by atoms with Crippen molar-refractivity contribution in [1.82, 2.24) is 5.32 Å². The molecule has 0 aliphatic heterocycles. The molecule has 1 aliphatic rings. The highest BCUT2D eigenvalue weighted by atomic mass is 35.5. The molecule has 0 amide bonds. The van der Waals surface area contributed by atoms with Crippen LogP contribution in [0.15, 0.2) is 0 Å². The molecule has 84 valence electrons. The highest BCUT2D eigenvalue weighted by molar-refractivity contribution is 6.20. The zero-order valence-corrected chi connectivity index (χ0v) is 10.3. The Kier molecular flexibility index (Phi) is 5.88. The quantitative estimate of drug-likeness (QED) is 0.696. The van der Waals surface area contributed by atoms with E-state index < -0.39 is 0 Å². The van der Waals surface area contributed by atoms with Crippen molar-refractivity contribution in [2.24, 2.45) is 11.8 Å². The van der Waals surface area contributed by atoms with Crippen molar-refractivity contribution >= 4 is 11.6 Å². The summed E-state index contributed by atoms with van der Waals surface area (Å²) in [4.78, 5) is 0. The van der Waals surface area contributed by atoms with Crippen LogP contribution in [-0.4, -0.2) is 18.5 Å². The van der Waals surface area contributed by atoms with E-state index in [1.807, 2.05) is 0 Å². The second kappa shape index (κ2) is 6.68. The molecule has 0 aromatic rings. The predicted molar refractivity (Wildman–Crippen MR) is 63.9 cm³/mol. The highest BCUT2D eigenvalue weighted by Gasteiger charge is 2.22. The van der Waals surface area contributed by atoms with Gasteiger partial charge in [0, 0.05) is 5.38 Å². The van der Waals surface area contributed by atoms with Gasteiger partial charge < -0.3 is 5.32 Å². The first-order chi connectivity index (χ1) is 6.74. The first-order valence-electron chi connectivity index (χ1n) is 6.08. The fourth-order valence-corrected chi connectivity index (χ4v) is 2.42. The van der Waals surface area contributed by atoms with E-state index >= 15 is 0 Å². The van der Waals surface area contributed by atoms with Crippen LogP contribution >= 0.6 is 11.6 Å². The van der Waals surface area contributed by atoms with Gasteiger partial charge in [0.15, 0.2) is 0 Å². The van der Waals surface area contributed by atoms with Crippen molar-refractivity contribution in [2.45, 2.75) is 51.3 Å². The molecule has 2 heteroatoms. The summed E-state index contributed by atoms with van der Waals surface area (Å²) in [5.41, 5.74) is 0. The van der Waals surface area contributed by atoms with Crippen LogP contribution in [0, 0.1) is 11.8 Å². The molecule has 0 aromatic heterocycles. The van der Waals surface area contributed by atoms with Gasteiger partial charge in [-0.3, -0.25) is 0 Å². The Balaban J connectivity index is 2.10. The van der Waals surface area contributed by atoms with Gasteiger partial charge in [-0.25, -0.2) is 0 Å². The molecule has 1 fully saturated rings. The van der Waals surface area contributed by atoms with E-state index in [1.54, 1.807) is 0 Å². The van der Waals surface area contributed by atoms with Crippen molar-refractivity contribution in [3.05, 3.63) is 0 Å². The number of alkyl halides is 1. The van der Waals surface area contributed by atoms with Crippen LogP contribution in [0.2, 0.25) is 0 Å². The second-order valence-electron chi connectivity index (χ2n) is 4.73. The van der Waals surface area contributed by atoms with E-state index in [1.165, 1.54) is 32.1 Å². The summed E-state index contributed by atoms with van der Waals surface area (Å²) in [6, 6.07) is 0.